The summed E-state index contributed by atoms with van der Waals surface area (Å²) in [5.41, 5.74) is 2.83. The molecule has 0 saturated carbocycles. The molecule has 0 aliphatic carbocycles. The number of ether oxygens (including phenoxy) is 1. The number of rotatable bonds is 6. The number of aromatic amines is 1. The lowest BCUT2D eigenvalue weighted by molar-refractivity contribution is -0.137. The third-order valence-corrected chi connectivity index (χ3v) is 7.65. The Labute approximate surface area is 213 Å². The third-order valence-electron chi connectivity index (χ3n) is 5.42. The Balaban J connectivity index is 1.51. The van der Waals surface area contributed by atoms with Crippen molar-refractivity contribution in [1.29, 1.82) is 0 Å². The molecule has 0 saturated heterocycles. The van der Waals surface area contributed by atoms with E-state index in [-0.39, 0.29) is 11.1 Å². The summed E-state index contributed by atoms with van der Waals surface area (Å²) in [5, 5.41) is 0.921. The van der Waals surface area contributed by atoms with Gasteiger partial charge in [-0.3, -0.25) is 4.79 Å². The first kappa shape index (κ1) is 24.1. The Morgan fingerprint density at radius 1 is 1.00 bits per heavy atom. The number of nitrogens with one attached hydrogen (secondary N) is 1. The van der Waals surface area contributed by atoms with Gasteiger partial charge >= 0.3 is 12.1 Å². The van der Waals surface area contributed by atoms with Crippen molar-refractivity contribution in [2.45, 2.75) is 24.0 Å². The van der Waals surface area contributed by atoms with E-state index < -0.39 is 17.7 Å². The summed E-state index contributed by atoms with van der Waals surface area (Å²) < 4.78 is 45.9. The van der Waals surface area contributed by atoms with E-state index in [0.29, 0.717) is 20.5 Å². The second-order valence-electron chi connectivity index (χ2n) is 7.94. The quantitative estimate of drug-likeness (QED) is 0.180. The van der Waals surface area contributed by atoms with Gasteiger partial charge in [-0.15, -0.1) is 11.3 Å². The van der Waals surface area contributed by atoms with Crippen LogP contribution in [0, 0.1) is 0 Å². The molecule has 0 amide bonds. The van der Waals surface area contributed by atoms with Crippen molar-refractivity contribution < 1.29 is 22.7 Å². The largest absolute Gasteiger partial charge is 0.425 e. The molecule has 182 valence electrons. The van der Waals surface area contributed by atoms with Crippen molar-refractivity contribution in [2.75, 3.05) is 0 Å². The Bertz CT molecular complexity index is 1470. The minimum atomic E-state index is -4.49. The maximum absolute atomic E-state index is 13.3. The molecule has 36 heavy (non-hydrogen) atoms. The summed E-state index contributed by atoms with van der Waals surface area (Å²) in [7, 11) is 0. The fourth-order valence-corrected chi connectivity index (χ4v) is 5.87. The minimum Gasteiger partial charge on any atom is -0.425 e. The summed E-state index contributed by atoms with van der Waals surface area (Å²) in [6.45, 7) is 1.23. The van der Waals surface area contributed by atoms with Crippen LogP contribution in [0.4, 0.5) is 13.2 Å². The first-order chi connectivity index (χ1) is 17.3. The maximum atomic E-state index is 13.3. The van der Waals surface area contributed by atoms with E-state index in [0.717, 1.165) is 34.6 Å². The average molecular weight is 525 g/mol. The van der Waals surface area contributed by atoms with Crippen LogP contribution in [0.2, 0.25) is 0 Å². The van der Waals surface area contributed by atoms with Gasteiger partial charge in [-0.2, -0.15) is 13.2 Å². The zero-order chi connectivity index (χ0) is 25.3. The number of hydrogen-bond acceptors (Lipinski definition) is 5. The number of fused-ring (bicyclic) bond motifs is 1. The van der Waals surface area contributed by atoms with Crippen molar-refractivity contribution >= 4 is 39.2 Å². The van der Waals surface area contributed by atoms with Gasteiger partial charge in [-0.25, -0.2) is 4.98 Å². The van der Waals surface area contributed by atoms with Gasteiger partial charge in [0.2, 0.25) is 0 Å². The van der Waals surface area contributed by atoms with E-state index in [2.05, 4.69) is 4.98 Å². The van der Waals surface area contributed by atoms with Gasteiger partial charge in [0.15, 0.2) is 10.9 Å². The summed E-state index contributed by atoms with van der Waals surface area (Å²) >= 11 is 2.70. The number of nitrogens with zero attached hydrogens (tertiary/aromatic N) is 1. The molecular formula is C27H19F3N2O2S2. The standard InChI is InChI=1S/C27H19F3N2O2S2/c1-16(33)34-25-20-14-19(27(28,29)30)12-13-21(20)36-22(25)15-35-26-31-23(17-8-4-2-5-9-17)24(32-26)18-10-6-3-7-11-18/h2-14H,15H2,1H3,(H,31,32). The van der Waals surface area contributed by atoms with Gasteiger partial charge in [0.25, 0.3) is 0 Å². The molecule has 5 aromatic rings. The van der Waals surface area contributed by atoms with E-state index in [1.54, 1.807) is 0 Å². The number of aromatic nitrogens is 2. The number of thiophene rings is 1. The van der Waals surface area contributed by atoms with Gasteiger partial charge < -0.3 is 9.72 Å². The van der Waals surface area contributed by atoms with Crippen molar-refractivity contribution in [3.8, 4) is 28.3 Å². The van der Waals surface area contributed by atoms with E-state index >= 15 is 0 Å². The highest BCUT2D eigenvalue weighted by molar-refractivity contribution is 7.98. The average Bonchev–Trinajstić information content (AvgIpc) is 3.44. The molecule has 9 heteroatoms. The number of imidazole rings is 1. The Morgan fingerprint density at radius 2 is 1.67 bits per heavy atom. The van der Waals surface area contributed by atoms with Crippen LogP contribution in [0.15, 0.2) is 84.0 Å². The van der Waals surface area contributed by atoms with Crippen LogP contribution in [0.25, 0.3) is 32.6 Å². The monoisotopic (exact) mass is 524 g/mol. The molecule has 0 aliphatic rings. The lowest BCUT2D eigenvalue weighted by atomic mass is 10.1. The molecule has 0 radical (unpaired) electrons. The Morgan fingerprint density at radius 3 is 2.31 bits per heavy atom. The molecule has 5 rings (SSSR count). The highest BCUT2D eigenvalue weighted by atomic mass is 32.2. The van der Waals surface area contributed by atoms with Crippen molar-refractivity contribution in [2.24, 2.45) is 0 Å². The molecule has 0 fully saturated rings. The van der Waals surface area contributed by atoms with Gasteiger partial charge in [0.05, 0.1) is 21.8 Å². The van der Waals surface area contributed by atoms with Crippen LogP contribution in [-0.4, -0.2) is 15.9 Å². The van der Waals surface area contributed by atoms with E-state index in [1.807, 2.05) is 60.7 Å². The highest BCUT2D eigenvalue weighted by Crippen LogP contribution is 2.44. The molecule has 1 N–H and O–H groups in total. The van der Waals surface area contributed by atoms with Crippen LogP contribution < -0.4 is 4.74 Å². The van der Waals surface area contributed by atoms with Crippen LogP contribution in [0.3, 0.4) is 0 Å². The van der Waals surface area contributed by atoms with Crippen molar-refractivity contribution in [1.82, 2.24) is 9.97 Å². The molecule has 0 bridgehead atoms. The zero-order valence-electron chi connectivity index (χ0n) is 18.9. The molecule has 0 spiro atoms. The molecule has 3 aromatic carbocycles. The van der Waals surface area contributed by atoms with Crippen LogP contribution >= 0.6 is 23.1 Å². The van der Waals surface area contributed by atoms with Crippen LogP contribution in [0.5, 0.6) is 5.75 Å². The predicted molar refractivity (Wildman–Crippen MR) is 137 cm³/mol. The third kappa shape index (κ3) is 5.03. The van der Waals surface area contributed by atoms with Crippen molar-refractivity contribution in [3.05, 3.63) is 89.3 Å². The molecule has 0 aliphatic heterocycles. The number of benzene rings is 3. The number of alkyl halides is 3. The van der Waals surface area contributed by atoms with Crippen LogP contribution in [0.1, 0.15) is 17.4 Å². The first-order valence-electron chi connectivity index (χ1n) is 10.9. The lowest BCUT2D eigenvalue weighted by Gasteiger charge is -2.07. The Kier molecular flexibility index (Phi) is 6.59. The number of hydrogen-bond donors (Lipinski definition) is 1. The number of H-pyrrole nitrogens is 1. The fraction of sp³-hybridized carbons (Fsp3) is 0.111. The summed E-state index contributed by atoms with van der Waals surface area (Å²) in [6.07, 6.45) is -4.49. The fourth-order valence-electron chi connectivity index (χ4n) is 3.83. The zero-order valence-corrected chi connectivity index (χ0v) is 20.6. The summed E-state index contributed by atoms with van der Waals surface area (Å²) in [6, 6.07) is 23.1. The van der Waals surface area contributed by atoms with Gasteiger partial charge in [0.1, 0.15) is 0 Å². The number of thioether (sulfide) groups is 1. The lowest BCUT2D eigenvalue weighted by Crippen LogP contribution is -2.05. The number of carbonyl (C=O) groups excluding carboxylic acids is 1. The molecular weight excluding hydrogens is 505 g/mol. The van der Waals surface area contributed by atoms with Crippen LogP contribution in [-0.2, 0) is 16.7 Å². The normalized spacial score (nSPS) is 11.7. The molecule has 0 atom stereocenters. The second-order valence-corrected chi connectivity index (χ2v) is 10.0. The smallest absolute Gasteiger partial charge is 0.416 e. The van der Waals surface area contributed by atoms with Gasteiger partial charge in [0, 0.05) is 33.9 Å². The molecule has 4 nitrogen and oxygen atoms in total. The van der Waals surface area contributed by atoms with E-state index in [1.165, 1.54) is 36.1 Å². The maximum Gasteiger partial charge on any atom is 0.416 e. The summed E-state index contributed by atoms with van der Waals surface area (Å²) in [5.74, 6) is -0.0625. The summed E-state index contributed by atoms with van der Waals surface area (Å²) in [4.78, 5) is 20.6. The van der Waals surface area contributed by atoms with Gasteiger partial charge in [-0.1, -0.05) is 72.4 Å². The molecule has 2 aromatic heterocycles. The topological polar surface area (TPSA) is 55.0 Å². The Hall–Kier alpha value is -3.56. The van der Waals surface area contributed by atoms with Crippen molar-refractivity contribution in [3.63, 3.8) is 0 Å². The number of carbonyl (C=O) groups is 1. The molecule has 0 unspecified atom stereocenters. The SMILES string of the molecule is CC(=O)Oc1c(CSc2nc(-c3ccccc3)c(-c3ccccc3)[nH]2)sc2ccc(C(F)(F)F)cc12. The second kappa shape index (κ2) is 9.83. The molecule has 2 heterocycles. The predicted octanol–water partition coefficient (Wildman–Crippen LogP) is 8.19. The van der Waals surface area contributed by atoms with E-state index in [4.69, 9.17) is 9.72 Å². The first-order valence-corrected chi connectivity index (χ1v) is 12.7. The minimum absolute atomic E-state index is 0.166. The van der Waals surface area contributed by atoms with Gasteiger partial charge in [-0.05, 0) is 18.2 Å². The number of halogens is 3. The van der Waals surface area contributed by atoms with E-state index in [9.17, 15) is 18.0 Å². The highest BCUT2D eigenvalue weighted by Gasteiger charge is 2.31. The number of esters is 1.